The highest BCUT2D eigenvalue weighted by atomic mass is 16.5. The molecule has 0 amide bonds. The first-order valence-electron chi connectivity index (χ1n) is 9.49. The molecule has 3 aromatic carbocycles. The van der Waals surface area contributed by atoms with E-state index in [9.17, 15) is 10.2 Å². The minimum atomic E-state index is -1.54. The molecule has 0 saturated heterocycles. The van der Waals surface area contributed by atoms with Crippen molar-refractivity contribution in [1.29, 1.82) is 0 Å². The molecule has 0 spiro atoms. The third-order valence-electron chi connectivity index (χ3n) is 6.29. The maximum absolute atomic E-state index is 12.0. The normalized spacial score (nSPS) is 30.4. The van der Waals surface area contributed by atoms with Crippen molar-refractivity contribution < 1.29 is 19.7 Å². The number of hydrogen-bond donors (Lipinski definition) is 2. The largest absolute Gasteiger partial charge is 0.497 e. The second-order valence-electron chi connectivity index (χ2n) is 7.54. The van der Waals surface area contributed by atoms with Crippen LogP contribution in [0, 0.1) is 0 Å². The molecule has 5 rings (SSSR count). The lowest BCUT2D eigenvalue weighted by molar-refractivity contribution is -0.149. The Morgan fingerprint density at radius 1 is 0.929 bits per heavy atom. The van der Waals surface area contributed by atoms with Crippen LogP contribution in [0.1, 0.15) is 29.0 Å². The summed E-state index contributed by atoms with van der Waals surface area (Å²) >= 11 is 0. The number of aliphatic hydroxyl groups excluding tert-OH is 1. The van der Waals surface area contributed by atoms with E-state index in [1.807, 2.05) is 78.9 Å². The van der Waals surface area contributed by atoms with Gasteiger partial charge in [-0.3, -0.25) is 0 Å². The van der Waals surface area contributed by atoms with Crippen LogP contribution in [0.3, 0.4) is 0 Å². The van der Waals surface area contributed by atoms with Crippen LogP contribution in [-0.2, 0) is 11.2 Å². The first-order chi connectivity index (χ1) is 13.6. The summed E-state index contributed by atoms with van der Waals surface area (Å²) in [4.78, 5) is 0. The predicted molar refractivity (Wildman–Crippen MR) is 105 cm³/mol. The van der Waals surface area contributed by atoms with Gasteiger partial charge in [0, 0.05) is 11.5 Å². The number of aliphatic hydroxyl groups is 2. The molecule has 1 aliphatic heterocycles. The van der Waals surface area contributed by atoms with E-state index in [2.05, 4.69) is 0 Å². The molecule has 3 aromatic rings. The van der Waals surface area contributed by atoms with Crippen molar-refractivity contribution >= 4 is 0 Å². The lowest BCUT2D eigenvalue weighted by Gasteiger charge is -2.40. The van der Waals surface area contributed by atoms with Gasteiger partial charge in [-0.15, -0.1) is 0 Å². The molecule has 0 unspecified atom stereocenters. The smallest absolute Gasteiger partial charge is 0.176 e. The number of para-hydroxylation sites is 1. The Balaban J connectivity index is 1.78. The van der Waals surface area contributed by atoms with Crippen LogP contribution in [0.2, 0.25) is 0 Å². The van der Waals surface area contributed by atoms with Gasteiger partial charge in [0.1, 0.15) is 11.5 Å². The Hall–Kier alpha value is -2.82. The summed E-state index contributed by atoms with van der Waals surface area (Å²) in [5, 5.41) is 23.1. The van der Waals surface area contributed by atoms with Gasteiger partial charge in [0.2, 0.25) is 0 Å². The molecule has 4 atom stereocenters. The lowest BCUT2D eigenvalue weighted by atomic mass is 9.71. The molecule has 0 bridgehead atoms. The molecule has 0 radical (unpaired) electrons. The summed E-state index contributed by atoms with van der Waals surface area (Å²) in [6, 6.07) is 25.0. The molecule has 4 nitrogen and oxygen atoms in total. The quantitative estimate of drug-likeness (QED) is 0.734. The van der Waals surface area contributed by atoms with E-state index in [0.29, 0.717) is 17.7 Å². The number of fused-ring (bicyclic) bond motifs is 3. The topological polar surface area (TPSA) is 58.9 Å². The first kappa shape index (κ1) is 17.3. The Morgan fingerprint density at radius 3 is 2.32 bits per heavy atom. The zero-order chi connectivity index (χ0) is 19.4. The molecule has 0 aromatic heterocycles. The van der Waals surface area contributed by atoms with Crippen LogP contribution >= 0.6 is 0 Å². The number of methoxy groups -OCH3 is 1. The molecule has 4 heteroatoms. The predicted octanol–water partition coefficient (Wildman–Crippen LogP) is 3.72. The third kappa shape index (κ3) is 2.07. The van der Waals surface area contributed by atoms with E-state index in [4.69, 9.17) is 9.47 Å². The van der Waals surface area contributed by atoms with Crippen molar-refractivity contribution in [2.24, 2.45) is 0 Å². The minimum absolute atomic E-state index is 0.213. The summed E-state index contributed by atoms with van der Waals surface area (Å²) in [5.41, 5.74) is -0.183. The molecule has 1 saturated carbocycles. The SMILES string of the molecule is COc1ccc([C@]23Oc4ccccc4[C@@]2(O)[C@H](O)C[C@@H]3c2ccccc2)cc1. The fraction of sp³-hybridized carbons (Fsp3) is 0.250. The van der Waals surface area contributed by atoms with Gasteiger partial charge in [0.25, 0.3) is 0 Å². The van der Waals surface area contributed by atoms with Gasteiger partial charge in [-0.1, -0.05) is 60.7 Å². The zero-order valence-corrected chi connectivity index (χ0v) is 15.6. The lowest BCUT2D eigenvalue weighted by Crippen LogP contribution is -2.51. The highest BCUT2D eigenvalue weighted by Crippen LogP contribution is 2.66. The van der Waals surface area contributed by atoms with E-state index >= 15 is 0 Å². The van der Waals surface area contributed by atoms with E-state index in [-0.39, 0.29) is 5.92 Å². The third-order valence-corrected chi connectivity index (χ3v) is 6.29. The van der Waals surface area contributed by atoms with Crippen molar-refractivity contribution in [3.8, 4) is 11.5 Å². The molecule has 1 aliphatic carbocycles. The van der Waals surface area contributed by atoms with Gasteiger partial charge in [-0.05, 0) is 35.7 Å². The monoisotopic (exact) mass is 374 g/mol. The summed E-state index contributed by atoms with van der Waals surface area (Å²) in [5.74, 6) is 1.13. The Kier molecular flexibility index (Phi) is 3.76. The van der Waals surface area contributed by atoms with Crippen LogP contribution in [-0.4, -0.2) is 23.4 Å². The van der Waals surface area contributed by atoms with Crippen molar-refractivity contribution in [2.45, 2.75) is 29.6 Å². The molecule has 2 N–H and O–H groups in total. The molecule has 28 heavy (non-hydrogen) atoms. The van der Waals surface area contributed by atoms with E-state index < -0.39 is 17.3 Å². The van der Waals surface area contributed by atoms with Crippen molar-refractivity contribution in [3.63, 3.8) is 0 Å². The van der Waals surface area contributed by atoms with Gasteiger partial charge in [0.15, 0.2) is 11.2 Å². The van der Waals surface area contributed by atoms with Crippen LogP contribution < -0.4 is 9.47 Å². The maximum Gasteiger partial charge on any atom is 0.176 e. The van der Waals surface area contributed by atoms with E-state index in [0.717, 1.165) is 16.9 Å². The van der Waals surface area contributed by atoms with Crippen LogP contribution in [0.5, 0.6) is 11.5 Å². The van der Waals surface area contributed by atoms with Crippen molar-refractivity contribution in [3.05, 3.63) is 95.6 Å². The second kappa shape index (κ2) is 6.09. The summed E-state index contributed by atoms with van der Waals surface area (Å²) in [6.45, 7) is 0. The number of ether oxygens (including phenoxy) is 2. The van der Waals surface area contributed by atoms with Crippen molar-refractivity contribution in [1.82, 2.24) is 0 Å². The van der Waals surface area contributed by atoms with Gasteiger partial charge < -0.3 is 19.7 Å². The van der Waals surface area contributed by atoms with E-state index in [1.54, 1.807) is 7.11 Å². The first-order valence-corrected chi connectivity index (χ1v) is 9.49. The molecular formula is C24H22O4. The maximum atomic E-state index is 12.0. The number of hydrogen-bond acceptors (Lipinski definition) is 4. The van der Waals surface area contributed by atoms with Gasteiger partial charge in [-0.2, -0.15) is 0 Å². The highest BCUT2D eigenvalue weighted by molar-refractivity contribution is 5.54. The molecule has 142 valence electrons. The molecular weight excluding hydrogens is 352 g/mol. The Labute approximate surface area is 164 Å². The van der Waals surface area contributed by atoms with Gasteiger partial charge >= 0.3 is 0 Å². The Bertz CT molecular complexity index is 1000. The second-order valence-corrected chi connectivity index (χ2v) is 7.54. The fourth-order valence-electron chi connectivity index (χ4n) is 5.02. The number of rotatable bonds is 3. The van der Waals surface area contributed by atoms with E-state index in [1.165, 1.54) is 0 Å². The Morgan fingerprint density at radius 2 is 1.61 bits per heavy atom. The average molecular weight is 374 g/mol. The summed E-state index contributed by atoms with van der Waals surface area (Å²) in [6.07, 6.45) is -0.551. The number of benzene rings is 3. The van der Waals surface area contributed by atoms with Crippen molar-refractivity contribution in [2.75, 3.05) is 7.11 Å². The summed E-state index contributed by atoms with van der Waals surface area (Å²) < 4.78 is 11.9. The fourth-order valence-corrected chi connectivity index (χ4v) is 5.02. The minimum Gasteiger partial charge on any atom is -0.497 e. The summed E-state index contributed by atoms with van der Waals surface area (Å²) in [7, 11) is 1.62. The average Bonchev–Trinajstić information content (AvgIpc) is 3.15. The van der Waals surface area contributed by atoms with Gasteiger partial charge in [-0.25, -0.2) is 0 Å². The van der Waals surface area contributed by atoms with Gasteiger partial charge in [0.05, 0.1) is 13.2 Å². The highest BCUT2D eigenvalue weighted by Gasteiger charge is 2.72. The zero-order valence-electron chi connectivity index (χ0n) is 15.6. The van der Waals surface area contributed by atoms with Crippen LogP contribution in [0.4, 0.5) is 0 Å². The molecule has 2 aliphatic rings. The molecule has 1 fully saturated rings. The molecule has 1 heterocycles. The standard InChI is InChI=1S/C24H22O4/c1-27-18-13-11-17(12-14-18)24-20(16-7-3-2-4-8-16)15-22(25)23(24,26)19-9-5-6-10-21(19)28-24/h2-14,20,22,25-26H,15H2,1H3/t20-,22-,23-,24-/m1/s1. The van der Waals surface area contributed by atoms with Crippen LogP contribution in [0.15, 0.2) is 78.9 Å². The van der Waals surface area contributed by atoms with Crippen LogP contribution in [0.25, 0.3) is 0 Å².